The number of aryl methyl sites for hydroxylation is 2. The van der Waals surface area contributed by atoms with Crippen molar-refractivity contribution in [2.24, 2.45) is 0 Å². The zero-order chi connectivity index (χ0) is 19.3. The number of carbonyl (C=O) groups excluding carboxylic acids is 1. The third kappa shape index (κ3) is 2.66. The first-order chi connectivity index (χ1) is 12.9. The van der Waals surface area contributed by atoms with Gasteiger partial charge in [0.25, 0.3) is 11.5 Å². The number of carbonyl (C=O) groups is 1. The maximum atomic E-state index is 14.0. The molecule has 7 heteroatoms. The average Bonchev–Trinajstić information content (AvgIpc) is 2.62. The predicted octanol–water partition coefficient (Wildman–Crippen LogP) is 3.31. The molecule has 0 bridgehead atoms. The number of benzene rings is 1. The van der Waals surface area contributed by atoms with Gasteiger partial charge >= 0.3 is 0 Å². The molecule has 1 atom stereocenters. The topological polar surface area (TPSA) is 84.2 Å². The van der Waals surface area contributed by atoms with Gasteiger partial charge in [-0.05, 0) is 56.0 Å². The molecule has 1 aromatic carbocycles. The zero-order valence-electron chi connectivity index (χ0n) is 14.9. The molecule has 0 saturated carbocycles. The smallest absolute Gasteiger partial charge is 0.267 e. The summed E-state index contributed by atoms with van der Waals surface area (Å²) < 4.78 is 15.5. The molecule has 3 heterocycles. The van der Waals surface area contributed by atoms with Crippen LogP contribution in [0.3, 0.4) is 0 Å². The van der Waals surface area contributed by atoms with Gasteiger partial charge in [-0.1, -0.05) is 6.07 Å². The van der Waals surface area contributed by atoms with E-state index in [-0.39, 0.29) is 11.4 Å². The number of hydrogen-bond acceptors (Lipinski definition) is 4. The fourth-order valence-corrected chi connectivity index (χ4v) is 3.67. The van der Waals surface area contributed by atoms with Crippen molar-refractivity contribution in [3.8, 4) is 5.75 Å². The Bertz CT molecular complexity index is 1150. The molecule has 1 amide bonds. The minimum absolute atomic E-state index is 0.165. The van der Waals surface area contributed by atoms with Crippen molar-refractivity contribution in [1.82, 2.24) is 9.55 Å². The summed E-state index contributed by atoms with van der Waals surface area (Å²) in [6.45, 7) is 3.64. The summed E-state index contributed by atoms with van der Waals surface area (Å²) >= 11 is 0. The van der Waals surface area contributed by atoms with Crippen LogP contribution in [0.1, 0.15) is 40.9 Å². The monoisotopic (exact) mass is 367 g/mol. The number of anilines is 1. The van der Waals surface area contributed by atoms with Crippen molar-refractivity contribution in [2.75, 3.05) is 5.32 Å². The Morgan fingerprint density at radius 3 is 2.93 bits per heavy atom. The molecular weight excluding hydrogens is 349 g/mol. The lowest BCUT2D eigenvalue weighted by Gasteiger charge is -2.26. The first-order valence-electron chi connectivity index (χ1n) is 8.71. The van der Waals surface area contributed by atoms with Gasteiger partial charge in [0.05, 0.1) is 5.52 Å². The number of aromatic nitrogens is 2. The van der Waals surface area contributed by atoms with Crippen LogP contribution in [-0.2, 0) is 6.42 Å². The largest absolute Gasteiger partial charge is 0.506 e. The van der Waals surface area contributed by atoms with E-state index < -0.39 is 28.6 Å². The summed E-state index contributed by atoms with van der Waals surface area (Å²) in [5, 5.41) is 13.4. The minimum atomic E-state index is -0.770. The van der Waals surface area contributed by atoms with Crippen LogP contribution in [-0.4, -0.2) is 20.6 Å². The first-order valence-corrected chi connectivity index (χ1v) is 8.71. The van der Waals surface area contributed by atoms with Crippen molar-refractivity contribution in [3.63, 3.8) is 0 Å². The highest BCUT2D eigenvalue weighted by Gasteiger charge is 2.28. The summed E-state index contributed by atoms with van der Waals surface area (Å²) in [6.07, 6.45) is 2.77. The van der Waals surface area contributed by atoms with Crippen LogP contribution in [0, 0.1) is 12.7 Å². The van der Waals surface area contributed by atoms with Crippen LogP contribution in [0.15, 0.2) is 35.3 Å². The van der Waals surface area contributed by atoms with E-state index in [1.54, 1.807) is 19.1 Å². The maximum absolute atomic E-state index is 14.0. The molecule has 1 aliphatic heterocycles. The van der Waals surface area contributed by atoms with Crippen LogP contribution in [0.25, 0.3) is 10.9 Å². The Kier molecular flexibility index (Phi) is 3.95. The van der Waals surface area contributed by atoms with E-state index in [1.165, 1.54) is 16.8 Å². The van der Waals surface area contributed by atoms with Gasteiger partial charge in [-0.3, -0.25) is 9.59 Å². The lowest BCUT2D eigenvalue weighted by Crippen LogP contribution is -2.33. The second kappa shape index (κ2) is 6.19. The van der Waals surface area contributed by atoms with E-state index in [2.05, 4.69) is 10.3 Å². The lowest BCUT2D eigenvalue weighted by atomic mass is 9.95. The highest BCUT2D eigenvalue weighted by Crippen LogP contribution is 2.35. The second-order valence-corrected chi connectivity index (χ2v) is 6.87. The van der Waals surface area contributed by atoms with Gasteiger partial charge in [0, 0.05) is 17.6 Å². The molecule has 2 aromatic heterocycles. The van der Waals surface area contributed by atoms with Gasteiger partial charge in [-0.15, -0.1) is 0 Å². The maximum Gasteiger partial charge on any atom is 0.267 e. The van der Waals surface area contributed by atoms with Crippen LogP contribution in [0.2, 0.25) is 0 Å². The Labute approximate surface area is 154 Å². The summed E-state index contributed by atoms with van der Waals surface area (Å²) in [5.41, 5.74) is 0.865. The quantitative estimate of drug-likeness (QED) is 0.728. The van der Waals surface area contributed by atoms with Gasteiger partial charge in [0.2, 0.25) is 0 Å². The molecule has 2 N–H and O–H groups in total. The Morgan fingerprint density at radius 2 is 2.19 bits per heavy atom. The van der Waals surface area contributed by atoms with E-state index >= 15 is 0 Å². The molecule has 0 saturated heterocycles. The van der Waals surface area contributed by atoms with Crippen LogP contribution in [0.4, 0.5) is 10.2 Å². The highest BCUT2D eigenvalue weighted by atomic mass is 19.1. The number of aromatic hydroxyl groups is 1. The third-order valence-corrected chi connectivity index (χ3v) is 5.06. The minimum Gasteiger partial charge on any atom is -0.506 e. The van der Waals surface area contributed by atoms with Gasteiger partial charge in [0.15, 0.2) is 0 Å². The highest BCUT2D eigenvalue weighted by molar-refractivity contribution is 6.09. The van der Waals surface area contributed by atoms with E-state index in [1.807, 2.05) is 6.92 Å². The number of amides is 1. The van der Waals surface area contributed by atoms with Crippen molar-refractivity contribution in [1.29, 1.82) is 0 Å². The van der Waals surface area contributed by atoms with Crippen molar-refractivity contribution in [2.45, 2.75) is 32.7 Å². The molecule has 0 unspecified atom stereocenters. The SMILES string of the molecule is Cc1cccnc1NC(=O)c1c(O)c2cc(F)cc3c2n(c1=O)[C@H](C)CC3. The average molecular weight is 367 g/mol. The third-order valence-electron chi connectivity index (χ3n) is 5.06. The number of hydrogen-bond donors (Lipinski definition) is 2. The van der Waals surface area contributed by atoms with Gasteiger partial charge in [-0.2, -0.15) is 0 Å². The Morgan fingerprint density at radius 1 is 1.41 bits per heavy atom. The molecule has 27 heavy (non-hydrogen) atoms. The number of rotatable bonds is 2. The Hall–Kier alpha value is -3.22. The number of halogens is 1. The van der Waals surface area contributed by atoms with Crippen molar-refractivity contribution >= 4 is 22.6 Å². The van der Waals surface area contributed by atoms with Gasteiger partial charge in [0.1, 0.15) is 22.9 Å². The zero-order valence-corrected chi connectivity index (χ0v) is 14.9. The molecule has 6 nitrogen and oxygen atoms in total. The van der Waals surface area contributed by atoms with E-state index in [9.17, 15) is 19.1 Å². The normalized spacial score (nSPS) is 15.7. The molecule has 0 radical (unpaired) electrons. The van der Waals surface area contributed by atoms with E-state index in [4.69, 9.17) is 0 Å². The number of nitrogens with zero attached hydrogens (tertiary/aromatic N) is 2. The summed E-state index contributed by atoms with van der Waals surface area (Å²) in [4.78, 5) is 29.9. The lowest BCUT2D eigenvalue weighted by molar-refractivity contribution is 0.102. The molecule has 1 aliphatic rings. The molecule has 0 spiro atoms. The standard InChI is InChI=1S/C20H18FN3O3/c1-10-4-3-7-22-18(10)23-19(26)15-17(25)14-9-13(21)8-12-6-5-11(2)24(16(12)14)20(15)27/h3-4,7-9,11,25H,5-6H2,1-2H3,(H,22,23,26)/t11-/m1/s1. The van der Waals surface area contributed by atoms with Crippen molar-refractivity contribution in [3.05, 3.63) is 63.3 Å². The fraction of sp³-hybridized carbons (Fsp3) is 0.250. The Balaban J connectivity index is 1.96. The number of nitrogens with one attached hydrogen (secondary N) is 1. The first kappa shape index (κ1) is 17.2. The molecule has 4 rings (SSSR count). The van der Waals surface area contributed by atoms with E-state index in [0.717, 1.165) is 6.07 Å². The second-order valence-electron chi connectivity index (χ2n) is 6.87. The van der Waals surface area contributed by atoms with Gasteiger partial charge < -0.3 is 15.0 Å². The summed E-state index contributed by atoms with van der Waals surface area (Å²) in [7, 11) is 0. The molecule has 0 fully saturated rings. The molecular formula is C20H18FN3O3. The molecule has 138 valence electrons. The predicted molar refractivity (Wildman–Crippen MR) is 99.8 cm³/mol. The fourth-order valence-electron chi connectivity index (χ4n) is 3.67. The van der Waals surface area contributed by atoms with Gasteiger partial charge in [-0.25, -0.2) is 9.37 Å². The number of pyridine rings is 2. The van der Waals surface area contributed by atoms with Crippen LogP contribution >= 0.6 is 0 Å². The molecule has 3 aromatic rings. The van der Waals surface area contributed by atoms with Crippen molar-refractivity contribution < 1.29 is 14.3 Å². The summed E-state index contributed by atoms with van der Waals surface area (Å²) in [5.74, 6) is -1.49. The molecule has 0 aliphatic carbocycles. The summed E-state index contributed by atoms with van der Waals surface area (Å²) in [6, 6.07) is 5.86. The van der Waals surface area contributed by atoms with Crippen LogP contribution in [0.5, 0.6) is 5.75 Å². The van der Waals surface area contributed by atoms with E-state index in [0.29, 0.717) is 35.3 Å². The van der Waals surface area contributed by atoms with Crippen LogP contribution < -0.4 is 10.9 Å².